The van der Waals surface area contributed by atoms with Gasteiger partial charge in [-0.15, -0.1) is 0 Å². The van der Waals surface area contributed by atoms with Crippen molar-refractivity contribution in [3.05, 3.63) is 0 Å². The Labute approximate surface area is 133 Å². The van der Waals surface area contributed by atoms with Crippen molar-refractivity contribution < 1.29 is 19.1 Å². The number of likely N-dealkylation sites (tertiary alicyclic amines) is 1. The number of esters is 1. The monoisotopic (exact) mass is 314 g/mol. The number of nitrogens with zero attached hydrogens (tertiary/aromatic N) is 1. The van der Waals surface area contributed by atoms with Crippen LogP contribution < -0.4 is 5.32 Å². The lowest BCUT2D eigenvalue weighted by Crippen LogP contribution is -2.49. The van der Waals surface area contributed by atoms with E-state index >= 15 is 0 Å². The fourth-order valence-electron chi connectivity index (χ4n) is 2.65. The van der Waals surface area contributed by atoms with E-state index in [1.54, 1.807) is 4.90 Å². The zero-order chi connectivity index (χ0) is 16.8. The van der Waals surface area contributed by atoms with Crippen molar-refractivity contribution in [2.75, 3.05) is 33.3 Å². The van der Waals surface area contributed by atoms with Crippen molar-refractivity contribution in [3.8, 4) is 0 Å². The summed E-state index contributed by atoms with van der Waals surface area (Å²) in [6, 6.07) is 0. The zero-order valence-corrected chi connectivity index (χ0v) is 14.5. The van der Waals surface area contributed by atoms with Crippen molar-refractivity contribution in [1.29, 1.82) is 0 Å². The first-order valence-electron chi connectivity index (χ1n) is 8.04. The summed E-state index contributed by atoms with van der Waals surface area (Å²) < 4.78 is 10.6. The van der Waals surface area contributed by atoms with Gasteiger partial charge in [0, 0.05) is 13.1 Å². The van der Waals surface area contributed by atoms with Crippen LogP contribution >= 0.6 is 0 Å². The molecular formula is C16H30N2O4. The number of hydrogen-bond donors (Lipinski definition) is 1. The molecule has 1 N–H and O–H groups in total. The Morgan fingerprint density at radius 3 is 2.27 bits per heavy atom. The summed E-state index contributed by atoms with van der Waals surface area (Å²) in [6.45, 7) is 9.57. The van der Waals surface area contributed by atoms with Crippen LogP contribution in [0.15, 0.2) is 0 Å². The van der Waals surface area contributed by atoms with E-state index in [4.69, 9.17) is 9.47 Å². The Balaban J connectivity index is 2.68. The summed E-state index contributed by atoms with van der Waals surface area (Å²) >= 11 is 0. The SMILES string of the molecule is CCOC(=O)C1(CCNC)CCN(C(=O)OC(C)(C)C)CC1. The maximum absolute atomic E-state index is 12.3. The molecule has 1 amide bonds. The summed E-state index contributed by atoms with van der Waals surface area (Å²) in [5.41, 5.74) is -0.990. The van der Waals surface area contributed by atoms with E-state index in [0.717, 1.165) is 13.0 Å². The predicted molar refractivity (Wildman–Crippen MR) is 84.7 cm³/mol. The molecular weight excluding hydrogens is 284 g/mol. The van der Waals surface area contributed by atoms with Crippen molar-refractivity contribution >= 4 is 12.1 Å². The van der Waals surface area contributed by atoms with Gasteiger partial charge in [-0.05, 0) is 60.5 Å². The minimum Gasteiger partial charge on any atom is -0.466 e. The van der Waals surface area contributed by atoms with Gasteiger partial charge in [0.25, 0.3) is 0 Å². The average Bonchev–Trinajstić information content (AvgIpc) is 2.44. The van der Waals surface area contributed by atoms with Crippen LogP contribution in [0.3, 0.4) is 0 Å². The molecule has 0 aromatic carbocycles. The molecule has 1 rings (SSSR count). The standard InChI is InChI=1S/C16H30N2O4/c1-6-21-13(19)16(7-10-17-5)8-11-18(12-9-16)14(20)22-15(2,3)4/h17H,6-12H2,1-5H3. The van der Waals surface area contributed by atoms with E-state index in [0.29, 0.717) is 32.5 Å². The van der Waals surface area contributed by atoms with Crippen LogP contribution in [0.4, 0.5) is 4.79 Å². The summed E-state index contributed by atoms with van der Waals surface area (Å²) in [4.78, 5) is 26.1. The van der Waals surface area contributed by atoms with Crippen molar-refractivity contribution in [3.63, 3.8) is 0 Å². The molecule has 0 aromatic heterocycles. The fraction of sp³-hybridized carbons (Fsp3) is 0.875. The van der Waals surface area contributed by atoms with Gasteiger partial charge < -0.3 is 19.7 Å². The van der Waals surface area contributed by atoms with Crippen LogP contribution in [-0.2, 0) is 14.3 Å². The molecule has 0 bridgehead atoms. The molecule has 1 fully saturated rings. The lowest BCUT2D eigenvalue weighted by molar-refractivity contribution is -0.159. The van der Waals surface area contributed by atoms with Crippen LogP contribution in [0.25, 0.3) is 0 Å². The quantitative estimate of drug-likeness (QED) is 0.788. The smallest absolute Gasteiger partial charge is 0.410 e. The molecule has 0 aliphatic carbocycles. The average molecular weight is 314 g/mol. The second-order valence-corrected chi connectivity index (χ2v) is 6.82. The number of carbonyl (C=O) groups excluding carboxylic acids is 2. The lowest BCUT2D eigenvalue weighted by Gasteiger charge is -2.40. The normalized spacial score (nSPS) is 18.0. The molecule has 0 aromatic rings. The van der Waals surface area contributed by atoms with Crippen molar-refractivity contribution in [2.45, 2.75) is 52.6 Å². The number of hydrogen-bond acceptors (Lipinski definition) is 5. The first-order valence-corrected chi connectivity index (χ1v) is 8.04. The van der Waals surface area contributed by atoms with Gasteiger partial charge in [-0.3, -0.25) is 4.79 Å². The summed E-state index contributed by atoms with van der Waals surface area (Å²) in [5, 5.41) is 3.09. The van der Waals surface area contributed by atoms with Gasteiger partial charge in [-0.2, -0.15) is 0 Å². The van der Waals surface area contributed by atoms with Crippen molar-refractivity contribution in [1.82, 2.24) is 10.2 Å². The first kappa shape index (κ1) is 18.7. The van der Waals surface area contributed by atoms with Gasteiger partial charge in [-0.1, -0.05) is 0 Å². The number of ether oxygens (including phenoxy) is 2. The number of carbonyl (C=O) groups is 2. The summed E-state index contributed by atoms with van der Waals surface area (Å²) in [7, 11) is 1.87. The van der Waals surface area contributed by atoms with Gasteiger partial charge in [-0.25, -0.2) is 4.79 Å². The minimum atomic E-state index is -0.501. The topological polar surface area (TPSA) is 67.9 Å². The molecule has 1 saturated heterocycles. The highest BCUT2D eigenvalue weighted by atomic mass is 16.6. The third kappa shape index (κ3) is 5.16. The second kappa shape index (κ2) is 7.81. The molecule has 0 unspecified atom stereocenters. The highest BCUT2D eigenvalue weighted by Crippen LogP contribution is 2.36. The van der Waals surface area contributed by atoms with E-state index in [1.807, 2.05) is 34.7 Å². The Morgan fingerprint density at radius 1 is 1.23 bits per heavy atom. The van der Waals surface area contributed by atoms with E-state index < -0.39 is 11.0 Å². The zero-order valence-electron chi connectivity index (χ0n) is 14.5. The predicted octanol–water partition coefficient (Wildman–Crippen LogP) is 2.18. The van der Waals surface area contributed by atoms with E-state index in [9.17, 15) is 9.59 Å². The summed E-state index contributed by atoms with van der Waals surface area (Å²) in [5.74, 6) is -0.144. The molecule has 1 heterocycles. The second-order valence-electron chi connectivity index (χ2n) is 6.82. The molecule has 0 radical (unpaired) electrons. The molecule has 1 aliphatic heterocycles. The highest BCUT2D eigenvalue weighted by molar-refractivity contribution is 5.77. The molecule has 0 saturated carbocycles. The molecule has 0 spiro atoms. The lowest BCUT2D eigenvalue weighted by atomic mass is 9.75. The van der Waals surface area contributed by atoms with Crippen LogP contribution in [0.2, 0.25) is 0 Å². The van der Waals surface area contributed by atoms with Crippen LogP contribution in [-0.4, -0.2) is 55.9 Å². The van der Waals surface area contributed by atoms with Gasteiger partial charge in [0.15, 0.2) is 0 Å². The molecule has 22 heavy (non-hydrogen) atoms. The first-order chi connectivity index (χ1) is 10.2. The third-order valence-corrected chi connectivity index (χ3v) is 3.93. The molecule has 6 heteroatoms. The molecule has 6 nitrogen and oxygen atoms in total. The summed E-state index contributed by atoms with van der Waals surface area (Å²) in [6.07, 6.45) is 1.66. The third-order valence-electron chi connectivity index (χ3n) is 3.93. The van der Waals surface area contributed by atoms with Gasteiger partial charge in [0.1, 0.15) is 5.60 Å². The maximum Gasteiger partial charge on any atom is 0.410 e. The molecule has 0 atom stereocenters. The van der Waals surface area contributed by atoms with Gasteiger partial charge >= 0.3 is 12.1 Å². The number of nitrogens with one attached hydrogen (secondary N) is 1. The van der Waals surface area contributed by atoms with Crippen LogP contribution in [0, 0.1) is 5.41 Å². The number of rotatable bonds is 5. The Kier molecular flexibility index (Phi) is 6.66. The van der Waals surface area contributed by atoms with Gasteiger partial charge in [0.2, 0.25) is 0 Å². The fourth-order valence-corrected chi connectivity index (χ4v) is 2.65. The number of piperidine rings is 1. The largest absolute Gasteiger partial charge is 0.466 e. The molecule has 1 aliphatic rings. The minimum absolute atomic E-state index is 0.144. The molecule has 128 valence electrons. The van der Waals surface area contributed by atoms with E-state index in [2.05, 4.69) is 5.32 Å². The maximum atomic E-state index is 12.3. The van der Waals surface area contributed by atoms with E-state index in [-0.39, 0.29) is 12.1 Å². The Hall–Kier alpha value is -1.30. The van der Waals surface area contributed by atoms with Crippen LogP contribution in [0.5, 0.6) is 0 Å². The Bertz CT molecular complexity index is 382. The van der Waals surface area contributed by atoms with Crippen LogP contribution in [0.1, 0.15) is 47.0 Å². The number of amides is 1. The van der Waals surface area contributed by atoms with Gasteiger partial charge in [0.05, 0.1) is 12.0 Å². The van der Waals surface area contributed by atoms with E-state index in [1.165, 1.54) is 0 Å². The Morgan fingerprint density at radius 2 is 1.82 bits per heavy atom. The highest BCUT2D eigenvalue weighted by Gasteiger charge is 2.43. The van der Waals surface area contributed by atoms with Crippen molar-refractivity contribution in [2.24, 2.45) is 5.41 Å².